The molecule has 0 bridgehead atoms. The van der Waals surface area contributed by atoms with Gasteiger partial charge in [0.15, 0.2) is 5.65 Å². The fourth-order valence-electron chi connectivity index (χ4n) is 4.15. The normalized spacial score (nSPS) is 16.4. The lowest BCUT2D eigenvalue weighted by Gasteiger charge is -2.24. The van der Waals surface area contributed by atoms with Crippen LogP contribution in [0.1, 0.15) is 21.6 Å². The van der Waals surface area contributed by atoms with E-state index in [9.17, 15) is 9.18 Å². The molecule has 34 heavy (non-hydrogen) atoms. The second kappa shape index (κ2) is 10.0. The second-order valence-electron chi connectivity index (χ2n) is 8.41. The summed E-state index contributed by atoms with van der Waals surface area (Å²) in [4.78, 5) is 23.9. The quantitative estimate of drug-likeness (QED) is 0.438. The van der Waals surface area contributed by atoms with Crippen molar-refractivity contribution in [2.45, 2.75) is 13.0 Å². The minimum Gasteiger partial charge on any atom is -0.489 e. The van der Waals surface area contributed by atoms with E-state index < -0.39 is 0 Å². The second-order valence-corrected chi connectivity index (χ2v) is 8.41. The van der Waals surface area contributed by atoms with Crippen molar-refractivity contribution in [3.8, 4) is 5.75 Å². The van der Waals surface area contributed by atoms with Crippen molar-refractivity contribution in [1.29, 1.82) is 0 Å². The van der Waals surface area contributed by atoms with E-state index >= 15 is 0 Å². The molecule has 0 saturated carbocycles. The van der Waals surface area contributed by atoms with Crippen molar-refractivity contribution in [3.05, 3.63) is 96.0 Å². The number of fused-ring (bicyclic) bond motifs is 1. The Hall–Kier alpha value is -3.78. The van der Waals surface area contributed by atoms with Crippen LogP contribution in [-0.2, 0) is 17.8 Å². The third-order valence-electron chi connectivity index (χ3n) is 5.83. The Morgan fingerprint density at radius 2 is 2.09 bits per heavy atom. The van der Waals surface area contributed by atoms with E-state index in [1.54, 1.807) is 48.8 Å². The Morgan fingerprint density at radius 1 is 1.18 bits per heavy atom. The maximum Gasteiger partial charge on any atom is 0.254 e. The van der Waals surface area contributed by atoms with Gasteiger partial charge in [0, 0.05) is 43.2 Å². The van der Waals surface area contributed by atoms with Crippen molar-refractivity contribution < 1.29 is 18.7 Å². The van der Waals surface area contributed by atoms with Gasteiger partial charge in [-0.2, -0.15) is 0 Å². The molecule has 7 nitrogen and oxygen atoms in total. The van der Waals surface area contributed by atoms with Gasteiger partial charge in [0.2, 0.25) is 0 Å². The van der Waals surface area contributed by atoms with Crippen molar-refractivity contribution in [2.75, 3.05) is 26.3 Å². The van der Waals surface area contributed by atoms with Crippen LogP contribution in [0.5, 0.6) is 5.75 Å². The van der Waals surface area contributed by atoms with Crippen molar-refractivity contribution in [2.24, 2.45) is 5.92 Å². The highest BCUT2D eigenvalue weighted by molar-refractivity contribution is 5.94. The van der Waals surface area contributed by atoms with E-state index in [1.807, 2.05) is 21.7 Å². The van der Waals surface area contributed by atoms with Crippen molar-refractivity contribution >= 4 is 11.6 Å². The highest BCUT2D eigenvalue weighted by atomic mass is 19.1. The zero-order chi connectivity index (χ0) is 23.3. The first kappa shape index (κ1) is 22.0. The molecule has 174 valence electrons. The van der Waals surface area contributed by atoms with Gasteiger partial charge in [-0.3, -0.25) is 9.78 Å². The zero-order valence-corrected chi connectivity index (χ0v) is 18.6. The summed E-state index contributed by atoms with van der Waals surface area (Å²) in [5.74, 6) is 0.329. The minimum absolute atomic E-state index is 0.0651. The summed E-state index contributed by atoms with van der Waals surface area (Å²) in [5.41, 5.74) is 3.01. The first-order valence-electron chi connectivity index (χ1n) is 11.3. The largest absolute Gasteiger partial charge is 0.489 e. The zero-order valence-electron chi connectivity index (χ0n) is 18.6. The van der Waals surface area contributed by atoms with Crippen LogP contribution in [0, 0.1) is 11.7 Å². The van der Waals surface area contributed by atoms with Gasteiger partial charge in [0.1, 0.15) is 18.2 Å². The summed E-state index contributed by atoms with van der Waals surface area (Å²) in [5, 5.41) is 0. The van der Waals surface area contributed by atoms with Gasteiger partial charge in [-0.05, 0) is 42.3 Å². The summed E-state index contributed by atoms with van der Waals surface area (Å²) in [6.07, 6.45) is 8.06. The molecule has 1 atom stereocenters. The number of hydrogen-bond acceptors (Lipinski definition) is 5. The van der Waals surface area contributed by atoms with Crippen LogP contribution in [0.15, 0.2) is 73.3 Å². The molecule has 2 aromatic heterocycles. The third kappa shape index (κ3) is 5.23. The van der Waals surface area contributed by atoms with Crippen LogP contribution >= 0.6 is 0 Å². The average Bonchev–Trinajstić information content (AvgIpc) is 3.20. The van der Waals surface area contributed by atoms with Crippen LogP contribution < -0.4 is 4.74 Å². The van der Waals surface area contributed by atoms with E-state index in [1.165, 1.54) is 12.1 Å². The predicted molar refractivity (Wildman–Crippen MR) is 124 cm³/mol. The van der Waals surface area contributed by atoms with E-state index in [0.29, 0.717) is 44.0 Å². The average molecular weight is 461 g/mol. The summed E-state index contributed by atoms with van der Waals surface area (Å²) in [6.45, 7) is 2.40. The number of ether oxygens (including phenoxy) is 2. The van der Waals surface area contributed by atoms with E-state index in [2.05, 4.69) is 9.97 Å². The number of carbonyl (C=O) groups is 1. The first-order valence-corrected chi connectivity index (χ1v) is 11.3. The lowest BCUT2D eigenvalue weighted by molar-refractivity contribution is 0.0736. The molecule has 1 fully saturated rings. The molecule has 4 aromatic rings. The van der Waals surface area contributed by atoms with E-state index in [-0.39, 0.29) is 24.2 Å². The topological polar surface area (TPSA) is 69.0 Å². The molecule has 1 saturated heterocycles. The molecule has 0 N–H and O–H groups in total. The Morgan fingerprint density at radius 3 is 3.00 bits per heavy atom. The number of imidazole rings is 1. The Balaban J connectivity index is 1.25. The van der Waals surface area contributed by atoms with E-state index in [4.69, 9.17) is 9.47 Å². The molecule has 0 unspecified atom stereocenters. The SMILES string of the molecule is O=C(c1cccc(OCc2cccc(F)c2)c1)N1CCOC[C@@H](Cc2cn3ccnc3cn2)C1. The third-order valence-corrected chi connectivity index (χ3v) is 5.83. The molecule has 0 aliphatic carbocycles. The summed E-state index contributed by atoms with van der Waals surface area (Å²) in [6, 6.07) is 13.4. The van der Waals surface area contributed by atoms with E-state index in [0.717, 1.165) is 16.9 Å². The molecule has 3 heterocycles. The number of carbonyl (C=O) groups excluding carboxylic acids is 1. The van der Waals surface area contributed by atoms with Gasteiger partial charge in [-0.1, -0.05) is 18.2 Å². The molecule has 1 aliphatic heterocycles. The number of rotatable bonds is 6. The molecule has 8 heteroatoms. The van der Waals surface area contributed by atoms with Gasteiger partial charge >= 0.3 is 0 Å². The van der Waals surface area contributed by atoms with Crippen molar-refractivity contribution in [1.82, 2.24) is 19.3 Å². The maximum atomic E-state index is 13.4. The Bertz CT molecular complexity index is 1290. The first-order chi connectivity index (χ1) is 16.6. The molecular formula is C26H25FN4O3. The standard InChI is InChI=1S/C26H25FN4O3/c27-22-5-1-3-19(11-22)18-34-24-6-2-4-21(13-24)26(32)31-9-10-33-17-20(15-31)12-23-16-30-8-7-28-25(30)14-29-23/h1-8,11,13-14,16,20H,9-10,12,15,17-18H2/t20-/m0/s1. The number of benzene rings is 2. The summed E-state index contributed by atoms with van der Waals surface area (Å²) in [7, 11) is 0. The van der Waals surface area contributed by atoms with Gasteiger partial charge in [0.25, 0.3) is 5.91 Å². The molecule has 1 aliphatic rings. The maximum absolute atomic E-state index is 13.4. The Labute approximate surface area is 196 Å². The van der Waals surface area contributed by atoms with Crippen LogP contribution in [0.3, 0.4) is 0 Å². The lowest BCUT2D eigenvalue weighted by Crippen LogP contribution is -2.36. The number of nitrogens with zero attached hydrogens (tertiary/aromatic N) is 4. The molecule has 0 spiro atoms. The fraction of sp³-hybridized carbons (Fsp3) is 0.269. The highest BCUT2D eigenvalue weighted by Crippen LogP contribution is 2.20. The minimum atomic E-state index is -0.303. The van der Waals surface area contributed by atoms with Crippen LogP contribution in [0.25, 0.3) is 5.65 Å². The number of hydrogen-bond donors (Lipinski definition) is 0. The molecular weight excluding hydrogens is 435 g/mol. The molecule has 2 aromatic carbocycles. The fourth-order valence-corrected chi connectivity index (χ4v) is 4.15. The smallest absolute Gasteiger partial charge is 0.254 e. The van der Waals surface area contributed by atoms with Gasteiger partial charge in [0.05, 0.1) is 25.1 Å². The molecule has 0 radical (unpaired) electrons. The lowest BCUT2D eigenvalue weighted by atomic mass is 10.0. The summed E-state index contributed by atoms with van der Waals surface area (Å²) >= 11 is 0. The van der Waals surface area contributed by atoms with Crippen LogP contribution in [0.4, 0.5) is 4.39 Å². The van der Waals surface area contributed by atoms with Gasteiger partial charge < -0.3 is 18.8 Å². The van der Waals surface area contributed by atoms with Gasteiger partial charge in [-0.15, -0.1) is 0 Å². The van der Waals surface area contributed by atoms with Crippen molar-refractivity contribution in [3.63, 3.8) is 0 Å². The number of amides is 1. The van der Waals surface area contributed by atoms with Crippen LogP contribution in [0.2, 0.25) is 0 Å². The Kier molecular flexibility index (Phi) is 6.49. The monoisotopic (exact) mass is 460 g/mol. The highest BCUT2D eigenvalue weighted by Gasteiger charge is 2.24. The molecule has 5 rings (SSSR count). The van der Waals surface area contributed by atoms with Crippen LogP contribution in [-0.4, -0.2) is 51.5 Å². The summed E-state index contributed by atoms with van der Waals surface area (Å²) < 4.78 is 26.9. The number of aromatic nitrogens is 3. The number of halogens is 1. The van der Waals surface area contributed by atoms with Gasteiger partial charge in [-0.25, -0.2) is 9.37 Å². The molecule has 1 amide bonds. The predicted octanol–water partition coefficient (Wildman–Crippen LogP) is 3.78.